The second-order valence-electron chi connectivity index (χ2n) is 5.30. The minimum Gasteiger partial charge on any atom is -0.380 e. The van der Waals surface area contributed by atoms with Crippen molar-refractivity contribution in [2.24, 2.45) is 5.84 Å². The van der Waals surface area contributed by atoms with E-state index < -0.39 is 10.0 Å². The van der Waals surface area contributed by atoms with Crippen molar-refractivity contribution in [1.82, 2.24) is 25.0 Å². The minimum absolute atomic E-state index is 0.0440. The minimum atomic E-state index is -3.78. The number of aromatic amines is 1. The van der Waals surface area contributed by atoms with Gasteiger partial charge in [-0.15, -0.1) is 14.6 Å². The number of sulfonamides is 1. The molecule has 2 aromatic carbocycles. The number of hydrazine groups is 1. The molecule has 1 heterocycles. The molecule has 4 N–H and O–H groups in total. The molecule has 0 saturated heterocycles. The Hall–Kier alpha value is -2.82. The first-order valence-corrected chi connectivity index (χ1v) is 8.82. The maximum atomic E-state index is 12.3. The van der Waals surface area contributed by atoms with E-state index in [1.165, 1.54) is 19.2 Å². The van der Waals surface area contributed by atoms with Gasteiger partial charge < -0.3 is 5.32 Å². The largest absolute Gasteiger partial charge is 0.380 e. The second-order valence-corrected chi connectivity index (χ2v) is 7.30. The Kier molecular flexibility index (Phi) is 4.74. The van der Waals surface area contributed by atoms with Gasteiger partial charge in [0.15, 0.2) is 0 Å². The lowest BCUT2D eigenvalue weighted by Crippen LogP contribution is -2.33. The Morgan fingerprint density at radius 3 is 2.60 bits per heavy atom. The van der Waals surface area contributed by atoms with Crippen LogP contribution in [0.25, 0.3) is 11.4 Å². The Bertz CT molecular complexity index is 941. The van der Waals surface area contributed by atoms with E-state index in [-0.39, 0.29) is 10.7 Å². The molecule has 0 unspecified atom stereocenters. The fourth-order valence-corrected chi connectivity index (χ4v) is 3.10. The van der Waals surface area contributed by atoms with E-state index in [0.29, 0.717) is 22.2 Å². The monoisotopic (exact) mass is 359 g/mol. The first-order valence-electron chi connectivity index (χ1n) is 7.38. The third kappa shape index (κ3) is 3.65. The maximum absolute atomic E-state index is 12.3. The third-order valence-electron chi connectivity index (χ3n) is 3.58. The molecular weight excluding hydrogens is 342 g/mol. The zero-order valence-electron chi connectivity index (χ0n) is 13.4. The molecule has 130 valence electrons. The van der Waals surface area contributed by atoms with Crippen LogP contribution >= 0.6 is 0 Å². The number of nitrogens with two attached hydrogens (primary N) is 1. The Morgan fingerprint density at radius 1 is 1.20 bits per heavy atom. The van der Waals surface area contributed by atoms with Crippen molar-refractivity contribution in [2.45, 2.75) is 11.4 Å². The summed E-state index contributed by atoms with van der Waals surface area (Å²) in [5.74, 6) is 5.71. The first kappa shape index (κ1) is 17.0. The maximum Gasteiger partial charge on any atom is 0.255 e. The predicted molar refractivity (Wildman–Crippen MR) is 92.5 cm³/mol. The fourth-order valence-electron chi connectivity index (χ4n) is 2.26. The van der Waals surface area contributed by atoms with Gasteiger partial charge in [0.05, 0.1) is 4.90 Å². The zero-order chi connectivity index (χ0) is 17.9. The summed E-state index contributed by atoms with van der Waals surface area (Å²) in [6.45, 7) is 0.564. The van der Waals surface area contributed by atoms with Crippen molar-refractivity contribution in [3.8, 4) is 11.4 Å². The molecule has 0 radical (unpaired) electrons. The van der Waals surface area contributed by atoms with Crippen LogP contribution in [0.5, 0.6) is 0 Å². The molecular formula is C15H17N7O2S. The highest BCUT2D eigenvalue weighted by molar-refractivity contribution is 7.89. The van der Waals surface area contributed by atoms with Gasteiger partial charge in [-0.3, -0.25) is 5.84 Å². The normalized spacial score (nSPS) is 11.6. The molecule has 0 bridgehead atoms. The molecule has 3 rings (SSSR count). The van der Waals surface area contributed by atoms with Gasteiger partial charge in [-0.2, -0.15) is 5.21 Å². The van der Waals surface area contributed by atoms with Crippen molar-refractivity contribution in [1.29, 1.82) is 0 Å². The molecule has 0 aliphatic heterocycles. The van der Waals surface area contributed by atoms with Gasteiger partial charge in [-0.25, -0.2) is 8.42 Å². The molecule has 25 heavy (non-hydrogen) atoms. The zero-order valence-corrected chi connectivity index (χ0v) is 14.2. The highest BCUT2D eigenvalue weighted by Crippen LogP contribution is 2.29. The number of H-pyrrole nitrogens is 1. The third-order valence-corrected chi connectivity index (χ3v) is 5.19. The van der Waals surface area contributed by atoms with Crippen LogP contribution in [0.2, 0.25) is 0 Å². The van der Waals surface area contributed by atoms with Gasteiger partial charge in [0.25, 0.3) is 10.0 Å². The summed E-state index contributed by atoms with van der Waals surface area (Å²) in [4.78, 5) is 0.0440. The number of anilines is 1. The number of nitrogens with zero attached hydrogens (tertiary/aromatic N) is 4. The Labute approximate surface area is 144 Å². The molecule has 0 saturated carbocycles. The summed E-state index contributed by atoms with van der Waals surface area (Å²) in [5.41, 5.74) is 2.27. The van der Waals surface area contributed by atoms with E-state index >= 15 is 0 Å². The number of hydrogen-bond donors (Lipinski definition) is 3. The molecule has 0 spiro atoms. The fraction of sp³-hybridized carbons (Fsp3) is 0.133. The summed E-state index contributed by atoms with van der Waals surface area (Å²) in [6.07, 6.45) is 0. The van der Waals surface area contributed by atoms with E-state index in [1.807, 2.05) is 30.3 Å². The van der Waals surface area contributed by atoms with Gasteiger partial charge in [0.2, 0.25) is 5.82 Å². The number of aromatic nitrogens is 4. The molecule has 0 amide bonds. The van der Waals surface area contributed by atoms with Crippen molar-refractivity contribution in [3.63, 3.8) is 0 Å². The van der Waals surface area contributed by atoms with Crippen molar-refractivity contribution in [2.75, 3.05) is 12.4 Å². The van der Waals surface area contributed by atoms with E-state index in [0.717, 1.165) is 5.56 Å². The lowest BCUT2D eigenvalue weighted by molar-refractivity contribution is 0.486. The summed E-state index contributed by atoms with van der Waals surface area (Å²) in [7, 11) is -2.51. The molecule has 9 nitrogen and oxygen atoms in total. The average Bonchev–Trinajstić information content (AvgIpc) is 3.15. The number of nitrogens with one attached hydrogen (secondary N) is 2. The smallest absolute Gasteiger partial charge is 0.255 e. The van der Waals surface area contributed by atoms with E-state index in [2.05, 4.69) is 25.9 Å². The summed E-state index contributed by atoms with van der Waals surface area (Å²) < 4.78 is 25.2. The van der Waals surface area contributed by atoms with Crippen molar-refractivity contribution in [3.05, 3.63) is 54.1 Å². The van der Waals surface area contributed by atoms with E-state index in [1.54, 1.807) is 6.07 Å². The quantitative estimate of drug-likeness (QED) is 0.441. The molecule has 0 atom stereocenters. The average molecular weight is 359 g/mol. The molecule has 0 aliphatic rings. The SMILES string of the molecule is CN(N)S(=O)(=O)c1ccc(NCc2ccccc2)c(-c2nn[nH]n2)c1. The van der Waals surface area contributed by atoms with Gasteiger partial charge in [0, 0.05) is 24.8 Å². The van der Waals surface area contributed by atoms with Crippen LogP contribution in [0.15, 0.2) is 53.4 Å². The van der Waals surface area contributed by atoms with Gasteiger partial charge >= 0.3 is 0 Å². The number of benzene rings is 2. The van der Waals surface area contributed by atoms with Crippen LogP contribution in [-0.4, -0.2) is 40.5 Å². The topological polar surface area (TPSA) is 130 Å². The number of rotatable bonds is 6. The highest BCUT2D eigenvalue weighted by Gasteiger charge is 2.21. The van der Waals surface area contributed by atoms with Crippen molar-refractivity contribution < 1.29 is 8.42 Å². The Morgan fingerprint density at radius 2 is 1.96 bits per heavy atom. The lowest BCUT2D eigenvalue weighted by atomic mass is 10.1. The molecule has 1 aromatic heterocycles. The van der Waals surface area contributed by atoms with E-state index in [9.17, 15) is 8.42 Å². The second kappa shape index (κ2) is 6.97. The van der Waals surface area contributed by atoms with Crippen LogP contribution in [0.4, 0.5) is 5.69 Å². The van der Waals surface area contributed by atoms with Crippen LogP contribution in [-0.2, 0) is 16.6 Å². The van der Waals surface area contributed by atoms with Gasteiger partial charge in [0.1, 0.15) is 0 Å². The lowest BCUT2D eigenvalue weighted by Gasteiger charge is -2.14. The molecule has 0 aliphatic carbocycles. The molecule has 3 aromatic rings. The van der Waals surface area contributed by atoms with Crippen LogP contribution in [0.3, 0.4) is 0 Å². The summed E-state index contributed by atoms with van der Waals surface area (Å²) >= 11 is 0. The number of hydrogen-bond acceptors (Lipinski definition) is 7. The predicted octanol–water partition coefficient (Wildman–Crippen LogP) is 0.973. The number of tetrazole rings is 1. The first-order chi connectivity index (χ1) is 12.0. The highest BCUT2D eigenvalue weighted by atomic mass is 32.2. The van der Waals surface area contributed by atoms with Crippen molar-refractivity contribution >= 4 is 15.7 Å². The van der Waals surface area contributed by atoms with Gasteiger partial charge in [-0.05, 0) is 29.0 Å². The Balaban J connectivity index is 1.98. The van der Waals surface area contributed by atoms with Crippen LogP contribution < -0.4 is 11.2 Å². The molecule has 10 heteroatoms. The molecule has 0 fully saturated rings. The van der Waals surface area contributed by atoms with Crippen LogP contribution in [0.1, 0.15) is 5.56 Å². The van der Waals surface area contributed by atoms with E-state index in [4.69, 9.17) is 5.84 Å². The van der Waals surface area contributed by atoms with Gasteiger partial charge in [-0.1, -0.05) is 30.3 Å². The van der Waals surface area contributed by atoms with Crippen LogP contribution in [0, 0.1) is 0 Å². The standard InChI is InChI=1S/C15H17N7O2S/c1-22(16)25(23,24)12-7-8-14(13(9-12)15-18-20-21-19-15)17-10-11-5-3-2-4-6-11/h2-9,17H,10,16H2,1H3,(H,18,19,20,21). The summed E-state index contributed by atoms with van der Waals surface area (Å²) in [5, 5.41) is 17.1. The summed E-state index contributed by atoms with van der Waals surface area (Å²) in [6, 6.07) is 14.4.